The summed E-state index contributed by atoms with van der Waals surface area (Å²) in [6.45, 7) is 1.65. The molecule has 0 aliphatic carbocycles. The van der Waals surface area contributed by atoms with Gasteiger partial charge in [-0.25, -0.2) is 4.98 Å². The third-order valence-corrected chi connectivity index (χ3v) is 2.86. The normalized spacial score (nSPS) is 14.9. The summed E-state index contributed by atoms with van der Waals surface area (Å²) in [5.74, 6) is 0.749. The molecule has 6 heteroatoms. The van der Waals surface area contributed by atoms with Crippen LogP contribution in [-0.4, -0.2) is 29.0 Å². The zero-order valence-corrected chi connectivity index (χ0v) is 9.17. The summed E-state index contributed by atoms with van der Waals surface area (Å²) in [4.78, 5) is 11.5. The van der Waals surface area contributed by atoms with Crippen molar-refractivity contribution in [3.63, 3.8) is 0 Å². The van der Waals surface area contributed by atoms with Gasteiger partial charge in [0.25, 0.3) is 0 Å². The third kappa shape index (κ3) is 1.49. The van der Waals surface area contributed by atoms with Crippen LogP contribution >= 0.6 is 11.6 Å². The van der Waals surface area contributed by atoms with Crippen molar-refractivity contribution in [1.29, 1.82) is 0 Å². The maximum atomic E-state index is 6.26. The zero-order valence-electron chi connectivity index (χ0n) is 8.42. The van der Waals surface area contributed by atoms with Gasteiger partial charge in [0.1, 0.15) is 5.65 Å². The summed E-state index contributed by atoms with van der Waals surface area (Å²) in [7, 11) is 0. The topological polar surface area (TPSA) is 65.1 Å². The van der Waals surface area contributed by atoms with Crippen LogP contribution in [0.15, 0.2) is 23.5 Å². The van der Waals surface area contributed by atoms with Gasteiger partial charge in [-0.1, -0.05) is 11.6 Å². The molecule has 0 radical (unpaired) electrons. The number of hydrogen-bond donors (Lipinski definition) is 3. The second kappa shape index (κ2) is 3.68. The summed E-state index contributed by atoms with van der Waals surface area (Å²) in [6, 6.07) is 1.90. The molecular formula is C10H10ClN5. The molecule has 0 spiro atoms. The monoisotopic (exact) mass is 235 g/mol. The van der Waals surface area contributed by atoms with Crippen LogP contribution in [0.25, 0.3) is 11.0 Å². The van der Waals surface area contributed by atoms with E-state index in [4.69, 9.17) is 11.6 Å². The van der Waals surface area contributed by atoms with Gasteiger partial charge in [0.05, 0.1) is 23.5 Å². The molecule has 3 heterocycles. The van der Waals surface area contributed by atoms with Crippen LogP contribution in [-0.2, 0) is 0 Å². The number of pyridine rings is 1. The Bertz CT molecular complexity index is 559. The average molecular weight is 236 g/mol. The first-order valence-corrected chi connectivity index (χ1v) is 5.39. The molecule has 82 valence electrons. The lowest BCUT2D eigenvalue weighted by molar-refractivity contribution is 0.959. The van der Waals surface area contributed by atoms with Crippen molar-refractivity contribution in [3.05, 3.63) is 23.5 Å². The van der Waals surface area contributed by atoms with Crippen LogP contribution in [0, 0.1) is 0 Å². The van der Waals surface area contributed by atoms with Crippen LogP contribution in [0.2, 0.25) is 5.02 Å². The van der Waals surface area contributed by atoms with E-state index in [9.17, 15) is 0 Å². The SMILES string of the molecule is Clc1c(NC2=NCCN2)cnc2[nH]ccc12. The van der Waals surface area contributed by atoms with Crippen LogP contribution < -0.4 is 10.6 Å². The number of fused-ring (bicyclic) bond motifs is 1. The Morgan fingerprint density at radius 1 is 1.44 bits per heavy atom. The Morgan fingerprint density at radius 3 is 3.19 bits per heavy atom. The molecule has 3 N–H and O–H groups in total. The highest BCUT2D eigenvalue weighted by atomic mass is 35.5. The van der Waals surface area contributed by atoms with E-state index in [0.29, 0.717) is 5.02 Å². The highest BCUT2D eigenvalue weighted by Crippen LogP contribution is 2.28. The highest BCUT2D eigenvalue weighted by molar-refractivity contribution is 6.38. The number of nitrogens with one attached hydrogen (secondary N) is 3. The Kier molecular flexibility index (Phi) is 2.18. The summed E-state index contributed by atoms with van der Waals surface area (Å²) >= 11 is 6.26. The molecule has 5 nitrogen and oxygen atoms in total. The van der Waals surface area contributed by atoms with Crippen molar-refractivity contribution in [2.24, 2.45) is 4.99 Å². The molecular weight excluding hydrogens is 226 g/mol. The second-order valence-electron chi connectivity index (χ2n) is 3.51. The Morgan fingerprint density at radius 2 is 2.38 bits per heavy atom. The lowest BCUT2D eigenvalue weighted by Gasteiger charge is -2.08. The summed E-state index contributed by atoms with van der Waals surface area (Å²) in [5, 5.41) is 7.80. The maximum absolute atomic E-state index is 6.26. The minimum Gasteiger partial charge on any atom is -0.354 e. The van der Waals surface area contributed by atoms with Gasteiger partial charge < -0.3 is 15.6 Å². The number of rotatable bonds is 1. The summed E-state index contributed by atoms with van der Waals surface area (Å²) in [5.41, 5.74) is 1.55. The third-order valence-electron chi connectivity index (χ3n) is 2.45. The van der Waals surface area contributed by atoms with Crippen molar-refractivity contribution < 1.29 is 0 Å². The van der Waals surface area contributed by atoms with Gasteiger partial charge in [-0.3, -0.25) is 4.99 Å². The van der Waals surface area contributed by atoms with E-state index >= 15 is 0 Å². The number of guanidine groups is 1. The lowest BCUT2D eigenvalue weighted by Crippen LogP contribution is -2.26. The number of aliphatic imine (C=N–C) groups is 1. The summed E-state index contributed by atoms with van der Waals surface area (Å²) < 4.78 is 0. The maximum Gasteiger partial charge on any atom is 0.196 e. The fourth-order valence-corrected chi connectivity index (χ4v) is 1.92. The molecule has 1 aliphatic heterocycles. The lowest BCUT2D eigenvalue weighted by atomic mass is 10.3. The van der Waals surface area contributed by atoms with Crippen LogP contribution in [0.5, 0.6) is 0 Å². The van der Waals surface area contributed by atoms with Gasteiger partial charge in [0.15, 0.2) is 5.96 Å². The van der Waals surface area contributed by atoms with E-state index in [1.807, 2.05) is 12.3 Å². The molecule has 0 atom stereocenters. The standard InChI is InChI=1S/C10H10ClN5/c11-8-6-1-2-12-9(6)15-5-7(8)16-10-13-3-4-14-10/h1-2,5H,3-4H2,(H,12,15)(H2,13,14,16). The van der Waals surface area contributed by atoms with Crippen molar-refractivity contribution in [2.45, 2.75) is 0 Å². The number of hydrogen-bond acceptors (Lipinski definition) is 4. The number of aromatic nitrogens is 2. The van der Waals surface area contributed by atoms with Crippen molar-refractivity contribution in [2.75, 3.05) is 18.4 Å². The molecule has 2 aromatic heterocycles. The fourth-order valence-electron chi connectivity index (χ4n) is 1.67. The van der Waals surface area contributed by atoms with E-state index in [0.717, 1.165) is 35.8 Å². The highest BCUT2D eigenvalue weighted by Gasteiger charge is 2.10. The molecule has 0 saturated carbocycles. The number of aromatic amines is 1. The van der Waals surface area contributed by atoms with Gasteiger partial charge in [-0.2, -0.15) is 0 Å². The van der Waals surface area contributed by atoms with E-state index in [-0.39, 0.29) is 0 Å². The molecule has 0 bridgehead atoms. The minimum atomic E-state index is 0.655. The second-order valence-corrected chi connectivity index (χ2v) is 3.89. The molecule has 0 unspecified atom stereocenters. The van der Waals surface area contributed by atoms with E-state index < -0.39 is 0 Å². The number of halogens is 1. The Hall–Kier alpha value is -1.75. The van der Waals surface area contributed by atoms with Crippen LogP contribution in [0.3, 0.4) is 0 Å². The molecule has 0 fully saturated rings. The molecule has 2 aromatic rings. The smallest absolute Gasteiger partial charge is 0.196 e. The average Bonchev–Trinajstić information content (AvgIpc) is 2.93. The van der Waals surface area contributed by atoms with Gasteiger partial charge >= 0.3 is 0 Å². The number of H-pyrrole nitrogens is 1. The minimum absolute atomic E-state index is 0.655. The zero-order chi connectivity index (χ0) is 11.0. The summed E-state index contributed by atoms with van der Waals surface area (Å²) in [6.07, 6.45) is 3.52. The first kappa shape index (κ1) is 9.47. The van der Waals surface area contributed by atoms with Crippen molar-refractivity contribution in [1.82, 2.24) is 15.3 Å². The van der Waals surface area contributed by atoms with Crippen LogP contribution in [0.4, 0.5) is 5.69 Å². The fraction of sp³-hybridized carbons (Fsp3) is 0.200. The van der Waals surface area contributed by atoms with Gasteiger partial charge in [-0.05, 0) is 6.07 Å². The van der Waals surface area contributed by atoms with Crippen molar-refractivity contribution >= 4 is 34.3 Å². The molecule has 0 saturated heterocycles. The molecule has 1 aliphatic rings. The van der Waals surface area contributed by atoms with E-state index in [1.54, 1.807) is 6.20 Å². The van der Waals surface area contributed by atoms with Crippen LogP contribution in [0.1, 0.15) is 0 Å². The largest absolute Gasteiger partial charge is 0.354 e. The van der Waals surface area contributed by atoms with Crippen molar-refractivity contribution in [3.8, 4) is 0 Å². The van der Waals surface area contributed by atoms with E-state index in [2.05, 4.69) is 25.6 Å². The van der Waals surface area contributed by atoms with Gasteiger partial charge in [0, 0.05) is 18.1 Å². The number of anilines is 1. The quantitative estimate of drug-likeness (QED) is 0.703. The first-order chi connectivity index (χ1) is 7.84. The predicted octanol–water partition coefficient (Wildman–Crippen LogP) is 1.59. The van der Waals surface area contributed by atoms with E-state index in [1.165, 1.54) is 0 Å². The Balaban J connectivity index is 1.99. The predicted molar refractivity (Wildman–Crippen MR) is 65.0 cm³/mol. The molecule has 16 heavy (non-hydrogen) atoms. The first-order valence-electron chi connectivity index (χ1n) is 5.01. The molecule has 0 amide bonds. The Labute approximate surface area is 96.9 Å². The molecule has 3 rings (SSSR count). The molecule has 0 aromatic carbocycles. The number of nitrogens with zero attached hydrogens (tertiary/aromatic N) is 2. The van der Waals surface area contributed by atoms with Gasteiger partial charge in [0.2, 0.25) is 0 Å². The van der Waals surface area contributed by atoms with Gasteiger partial charge in [-0.15, -0.1) is 0 Å².